The number of fused-ring (bicyclic) bond motifs is 15. The molecule has 0 aliphatic heterocycles. The van der Waals surface area contributed by atoms with E-state index >= 15 is 0 Å². The van der Waals surface area contributed by atoms with E-state index in [1.165, 1.54) is 43.8 Å². The summed E-state index contributed by atoms with van der Waals surface area (Å²) in [5.74, 6) is 0. The fourth-order valence-electron chi connectivity index (χ4n) is 11.1. The van der Waals surface area contributed by atoms with E-state index < -0.39 is 0 Å². The van der Waals surface area contributed by atoms with Crippen molar-refractivity contribution in [2.75, 3.05) is 4.90 Å². The number of benzene rings is 10. The van der Waals surface area contributed by atoms with Gasteiger partial charge in [0, 0.05) is 60.2 Å². The first kappa shape index (κ1) is 36.2. The highest BCUT2D eigenvalue weighted by atomic mass is 16.3. The molecule has 3 heterocycles. The van der Waals surface area contributed by atoms with E-state index in [1.807, 2.05) is 0 Å². The van der Waals surface area contributed by atoms with Crippen LogP contribution in [0.4, 0.5) is 17.1 Å². The van der Waals surface area contributed by atoms with Gasteiger partial charge in [-0.1, -0.05) is 153 Å². The van der Waals surface area contributed by atoms with Gasteiger partial charge in [-0.2, -0.15) is 0 Å². The summed E-state index contributed by atoms with van der Waals surface area (Å²) in [7, 11) is 0. The molecule has 1 aliphatic rings. The van der Waals surface area contributed by atoms with Gasteiger partial charge < -0.3 is 18.3 Å². The second-order valence-electron chi connectivity index (χ2n) is 18.0. The van der Waals surface area contributed by atoms with Gasteiger partial charge in [0.05, 0.1) is 22.4 Å². The summed E-state index contributed by atoms with van der Waals surface area (Å²) in [4.78, 5) is 2.45. The van der Waals surface area contributed by atoms with Crippen LogP contribution in [0.1, 0.15) is 25.0 Å². The molecule has 0 spiro atoms. The van der Waals surface area contributed by atoms with Gasteiger partial charge in [-0.15, -0.1) is 0 Å². The summed E-state index contributed by atoms with van der Waals surface area (Å²) >= 11 is 0. The fourth-order valence-corrected chi connectivity index (χ4v) is 11.1. The van der Waals surface area contributed by atoms with Crippen LogP contribution < -0.4 is 4.90 Å². The SMILES string of the molecule is CC1(C)c2ccc3c(oc4ccccc43)c2-c2c1cc(N(c1ccc(-c3ccc4ccccc4c3)cc1)c1cccc3c1c1ccccc1n3-c1ccccc1)c1oc3ccccc3c21. The zero-order valence-electron chi connectivity index (χ0n) is 35.8. The third-order valence-electron chi connectivity index (χ3n) is 14.2. The van der Waals surface area contributed by atoms with Crippen LogP contribution in [-0.4, -0.2) is 4.57 Å². The maximum Gasteiger partial charge on any atom is 0.160 e. The first-order valence-corrected chi connectivity index (χ1v) is 22.4. The highest BCUT2D eigenvalue weighted by Gasteiger charge is 2.41. The Bertz CT molecular complexity index is 4090. The van der Waals surface area contributed by atoms with Crippen LogP contribution in [0.5, 0.6) is 0 Å². The second-order valence-corrected chi connectivity index (χ2v) is 18.0. The summed E-state index contributed by atoms with van der Waals surface area (Å²) in [6, 6.07) is 74.5. The molecule has 0 saturated heterocycles. The predicted octanol–water partition coefficient (Wildman–Crippen LogP) is 17.2. The van der Waals surface area contributed by atoms with Crippen molar-refractivity contribution >= 4 is 93.5 Å². The van der Waals surface area contributed by atoms with E-state index in [9.17, 15) is 0 Å². The molecule has 0 atom stereocenters. The normalized spacial score (nSPS) is 13.2. The molecule has 0 amide bonds. The molecule has 0 saturated carbocycles. The van der Waals surface area contributed by atoms with Crippen molar-refractivity contribution < 1.29 is 8.83 Å². The lowest BCUT2D eigenvalue weighted by Gasteiger charge is -2.29. The van der Waals surface area contributed by atoms with Gasteiger partial charge in [-0.3, -0.25) is 0 Å². The lowest BCUT2D eigenvalue weighted by molar-refractivity contribution is 0.651. The van der Waals surface area contributed by atoms with Crippen molar-refractivity contribution in [1.29, 1.82) is 0 Å². The average Bonchev–Trinajstić information content (AvgIpc) is 4.09. The molecule has 4 heteroatoms. The number of para-hydroxylation sites is 4. The molecule has 306 valence electrons. The van der Waals surface area contributed by atoms with Crippen LogP contribution in [0.3, 0.4) is 0 Å². The van der Waals surface area contributed by atoms with Crippen molar-refractivity contribution in [3.8, 4) is 27.9 Å². The molecule has 65 heavy (non-hydrogen) atoms. The van der Waals surface area contributed by atoms with Gasteiger partial charge in [0.25, 0.3) is 0 Å². The van der Waals surface area contributed by atoms with Crippen LogP contribution in [0.2, 0.25) is 0 Å². The second kappa shape index (κ2) is 13.3. The van der Waals surface area contributed by atoms with E-state index in [1.54, 1.807) is 0 Å². The molecule has 0 radical (unpaired) electrons. The summed E-state index contributed by atoms with van der Waals surface area (Å²) in [6.07, 6.45) is 0. The van der Waals surface area contributed by atoms with Crippen molar-refractivity contribution in [3.05, 3.63) is 217 Å². The molecule has 0 fully saturated rings. The lowest BCUT2D eigenvalue weighted by atomic mass is 9.81. The number of hydrogen-bond donors (Lipinski definition) is 0. The Labute approximate surface area is 374 Å². The number of nitrogens with zero attached hydrogens (tertiary/aromatic N) is 2. The summed E-state index contributed by atoms with van der Waals surface area (Å²) < 4.78 is 16.5. The zero-order valence-corrected chi connectivity index (χ0v) is 35.8. The zero-order chi connectivity index (χ0) is 43.0. The third kappa shape index (κ3) is 5.08. The van der Waals surface area contributed by atoms with Gasteiger partial charge in [0.15, 0.2) is 5.58 Å². The monoisotopic (exact) mass is 832 g/mol. The first-order valence-electron chi connectivity index (χ1n) is 22.4. The molecule has 3 aromatic heterocycles. The quantitative estimate of drug-likeness (QED) is 0.173. The van der Waals surface area contributed by atoms with Crippen molar-refractivity contribution in [1.82, 2.24) is 4.57 Å². The Morgan fingerprint density at radius 1 is 0.415 bits per heavy atom. The summed E-state index contributed by atoms with van der Waals surface area (Å²) in [5, 5.41) is 9.26. The minimum absolute atomic E-state index is 0.361. The van der Waals surface area contributed by atoms with E-state index in [0.29, 0.717) is 0 Å². The fraction of sp³-hybridized carbons (Fsp3) is 0.0492. The summed E-state index contributed by atoms with van der Waals surface area (Å²) in [5.41, 5.74) is 16.8. The molecule has 4 nitrogen and oxygen atoms in total. The highest BCUT2D eigenvalue weighted by Crippen LogP contribution is 2.59. The van der Waals surface area contributed by atoms with Gasteiger partial charge >= 0.3 is 0 Å². The van der Waals surface area contributed by atoms with Crippen molar-refractivity contribution in [2.45, 2.75) is 19.3 Å². The van der Waals surface area contributed by atoms with Crippen LogP contribution >= 0.6 is 0 Å². The molecular weight excluding hydrogens is 793 g/mol. The Hall–Kier alpha value is -8.34. The van der Waals surface area contributed by atoms with Crippen LogP contribution in [0, 0.1) is 0 Å². The van der Waals surface area contributed by atoms with Gasteiger partial charge in [-0.25, -0.2) is 0 Å². The minimum atomic E-state index is -0.361. The number of hydrogen-bond acceptors (Lipinski definition) is 3. The van der Waals surface area contributed by atoms with Gasteiger partial charge in [-0.05, 0) is 99.8 Å². The van der Waals surface area contributed by atoms with Crippen LogP contribution in [0.25, 0.3) is 104 Å². The van der Waals surface area contributed by atoms with Crippen molar-refractivity contribution in [3.63, 3.8) is 0 Å². The lowest BCUT2D eigenvalue weighted by Crippen LogP contribution is -2.17. The van der Waals surface area contributed by atoms with E-state index in [4.69, 9.17) is 8.83 Å². The van der Waals surface area contributed by atoms with Crippen LogP contribution in [0.15, 0.2) is 215 Å². The smallest absolute Gasteiger partial charge is 0.160 e. The molecule has 1 aliphatic carbocycles. The average molecular weight is 833 g/mol. The molecule has 10 aromatic carbocycles. The number of rotatable bonds is 5. The largest absolute Gasteiger partial charge is 0.455 e. The number of furan rings is 2. The van der Waals surface area contributed by atoms with Gasteiger partial charge in [0.2, 0.25) is 0 Å². The molecule has 0 N–H and O–H groups in total. The highest BCUT2D eigenvalue weighted by molar-refractivity contribution is 6.24. The van der Waals surface area contributed by atoms with Crippen molar-refractivity contribution in [2.24, 2.45) is 0 Å². The molecular formula is C61H40N2O2. The Morgan fingerprint density at radius 2 is 1.08 bits per heavy atom. The standard InChI is InChI=1S/C61H40N2O2/c1-61(2)47-34-33-44-43-19-9-12-25-53(43)64-59(44)58(47)57-48(61)36-52(60-56(57)46-21-10-13-26-54(46)65-60)63(42-31-29-38(30-32-42)40-28-27-37-15-6-7-16-39(37)35-40)51-24-14-23-50-55(51)45-20-8-11-22-49(45)62(50)41-17-4-3-5-18-41/h3-36H,1-2H3. The topological polar surface area (TPSA) is 34.5 Å². The van der Waals surface area contributed by atoms with E-state index in [2.05, 4.69) is 230 Å². The maximum atomic E-state index is 7.22. The molecule has 14 rings (SSSR count). The number of anilines is 3. The maximum absolute atomic E-state index is 7.22. The summed E-state index contributed by atoms with van der Waals surface area (Å²) in [6.45, 7) is 4.72. The first-order chi connectivity index (χ1) is 32.0. The predicted molar refractivity (Wildman–Crippen MR) is 271 cm³/mol. The third-order valence-corrected chi connectivity index (χ3v) is 14.2. The van der Waals surface area contributed by atoms with E-state index in [0.717, 1.165) is 88.8 Å². The minimum Gasteiger partial charge on any atom is -0.455 e. The molecule has 0 unspecified atom stereocenters. The van der Waals surface area contributed by atoms with E-state index in [-0.39, 0.29) is 5.41 Å². The van der Waals surface area contributed by atoms with Crippen LogP contribution in [-0.2, 0) is 5.41 Å². The van der Waals surface area contributed by atoms with Gasteiger partial charge in [0.1, 0.15) is 16.7 Å². The Balaban J connectivity index is 1.09. The number of aromatic nitrogens is 1. The Morgan fingerprint density at radius 3 is 1.91 bits per heavy atom. The molecule has 0 bridgehead atoms. The molecule has 13 aromatic rings. The Kier molecular flexibility index (Phi) is 7.42.